The number of rotatable bonds is 2. The van der Waals surface area contributed by atoms with Gasteiger partial charge in [0.25, 0.3) is 0 Å². The van der Waals surface area contributed by atoms with Gasteiger partial charge in [0.2, 0.25) is 0 Å². The van der Waals surface area contributed by atoms with Crippen LogP contribution in [0.15, 0.2) is 3.34 Å². The Hall–Kier alpha value is 0.540. The second kappa shape index (κ2) is 17.4. The van der Waals surface area contributed by atoms with E-state index in [2.05, 4.69) is 57.7 Å². The predicted molar refractivity (Wildman–Crippen MR) is 102 cm³/mol. The van der Waals surface area contributed by atoms with Gasteiger partial charge in [-0.3, -0.25) is 0 Å². The molecule has 2 rings (SSSR count). The monoisotopic (exact) mass is 401 g/mol. The van der Waals surface area contributed by atoms with E-state index in [1.54, 1.807) is 27.8 Å². The van der Waals surface area contributed by atoms with Gasteiger partial charge in [0.15, 0.2) is 0 Å². The first-order chi connectivity index (χ1) is 10.9. The molecule has 139 valence electrons. The minimum atomic E-state index is 0.231. The molecule has 0 heterocycles. The zero-order valence-electron chi connectivity index (χ0n) is 16.8. The molecule has 0 aromatic carbocycles. The fourth-order valence-corrected chi connectivity index (χ4v) is 2.61. The van der Waals surface area contributed by atoms with Crippen LogP contribution in [-0.4, -0.2) is 5.54 Å². The van der Waals surface area contributed by atoms with Crippen molar-refractivity contribution in [2.24, 2.45) is 15.2 Å². The molecule has 0 unspecified atom stereocenters. The molecule has 0 aliphatic heterocycles. The maximum atomic E-state index is 4.19. The van der Waals surface area contributed by atoms with Crippen LogP contribution in [0.3, 0.4) is 0 Å². The average Bonchev–Trinajstić information content (AvgIpc) is 2.59. The summed E-state index contributed by atoms with van der Waals surface area (Å²) in [4.78, 5) is 0. The van der Waals surface area contributed by atoms with Gasteiger partial charge >= 0.3 is 57.0 Å². The van der Waals surface area contributed by atoms with E-state index in [-0.39, 0.29) is 5.54 Å². The van der Waals surface area contributed by atoms with Crippen LogP contribution in [0.4, 0.5) is 0 Å². The minimum absolute atomic E-state index is 0.231. The van der Waals surface area contributed by atoms with Crippen LogP contribution in [0.1, 0.15) is 99.3 Å². The van der Waals surface area contributed by atoms with E-state index in [1.165, 1.54) is 51.4 Å². The van der Waals surface area contributed by atoms with Crippen molar-refractivity contribution in [3.05, 3.63) is 19.8 Å². The van der Waals surface area contributed by atoms with Crippen molar-refractivity contribution in [2.75, 3.05) is 0 Å². The maximum Gasteiger partial charge on any atom is -0.194 e. The minimum Gasteiger partial charge on any atom is -0.346 e. The van der Waals surface area contributed by atoms with Crippen molar-refractivity contribution in [3.63, 3.8) is 0 Å². The molecule has 2 aliphatic rings. The summed E-state index contributed by atoms with van der Waals surface area (Å²) in [5, 5.41) is 0. The Morgan fingerprint density at radius 2 is 1.22 bits per heavy atom. The van der Waals surface area contributed by atoms with Crippen molar-refractivity contribution in [1.29, 1.82) is 0 Å². The zero-order chi connectivity index (χ0) is 18.1. The van der Waals surface area contributed by atoms with Gasteiger partial charge in [-0.15, -0.1) is 0 Å². The topological polar surface area (TPSA) is 12.4 Å². The van der Waals surface area contributed by atoms with Gasteiger partial charge in [0.05, 0.1) is 0 Å². The summed E-state index contributed by atoms with van der Waals surface area (Å²) in [5.74, 6) is 2.01. The van der Waals surface area contributed by atoms with Crippen LogP contribution < -0.4 is 0 Å². The van der Waals surface area contributed by atoms with Crippen molar-refractivity contribution in [2.45, 2.75) is 105 Å². The van der Waals surface area contributed by atoms with Crippen molar-refractivity contribution < 1.29 is 20.9 Å². The molecular weight excluding hydrogens is 359 g/mol. The molecule has 0 aromatic heterocycles. The SMILES string of the molecule is CC1CC[CH-]CC1.CC1CC[CH-]CC1.CCC(C)(C)[N]=[Nb].[CH2-]C. The van der Waals surface area contributed by atoms with Crippen LogP contribution >= 0.6 is 0 Å². The molecule has 0 amide bonds. The molecule has 0 bridgehead atoms. The Morgan fingerprint density at radius 3 is 1.30 bits per heavy atom. The summed E-state index contributed by atoms with van der Waals surface area (Å²) in [7, 11) is 0. The van der Waals surface area contributed by atoms with Crippen LogP contribution in [0.2, 0.25) is 0 Å². The molecule has 2 heteroatoms. The molecule has 0 atom stereocenters. The van der Waals surface area contributed by atoms with Crippen molar-refractivity contribution in [1.82, 2.24) is 0 Å². The summed E-state index contributed by atoms with van der Waals surface area (Å²) in [5.41, 5.74) is 0.231. The first-order valence-corrected chi connectivity index (χ1v) is 10.6. The van der Waals surface area contributed by atoms with Crippen molar-refractivity contribution >= 4 is 0 Å². The van der Waals surface area contributed by atoms with E-state index >= 15 is 0 Å². The summed E-state index contributed by atoms with van der Waals surface area (Å²) in [6.45, 7) is 16.1. The molecular formula is C21H42NNb-3. The quantitative estimate of drug-likeness (QED) is 0.335. The van der Waals surface area contributed by atoms with E-state index in [9.17, 15) is 0 Å². The van der Waals surface area contributed by atoms with Gasteiger partial charge < -0.3 is 19.8 Å². The summed E-state index contributed by atoms with van der Waals surface area (Å²) < 4.78 is 4.19. The van der Waals surface area contributed by atoms with Gasteiger partial charge in [-0.2, -0.15) is 32.6 Å². The van der Waals surface area contributed by atoms with E-state index in [0.717, 1.165) is 18.3 Å². The molecule has 1 nitrogen and oxygen atoms in total. The normalized spacial score (nSPS) is 19.0. The van der Waals surface area contributed by atoms with E-state index in [1.807, 2.05) is 0 Å². The maximum absolute atomic E-state index is 4.19. The summed E-state index contributed by atoms with van der Waals surface area (Å²) in [6.07, 6.45) is 17.1. The molecule has 0 N–H and O–H groups in total. The summed E-state index contributed by atoms with van der Waals surface area (Å²) >= 11 is 1.55. The van der Waals surface area contributed by atoms with Crippen molar-refractivity contribution in [3.8, 4) is 0 Å². The Kier molecular flexibility index (Phi) is 19.5. The number of nitrogens with zero attached hydrogens (tertiary/aromatic N) is 1. The Labute approximate surface area is 160 Å². The van der Waals surface area contributed by atoms with Gasteiger partial charge in [0, 0.05) is 0 Å². The Bertz CT molecular complexity index is 222. The van der Waals surface area contributed by atoms with Gasteiger partial charge in [-0.1, -0.05) is 39.5 Å². The number of hydrogen-bond donors (Lipinski definition) is 0. The summed E-state index contributed by atoms with van der Waals surface area (Å²) in [6, 6.07) is 0. The van der Waals surface area contributed by atoms with E-state index in [0.29, 0.717) is 0 Å². The fourth-order valence-electron chi connectivity index (χ4n) is 2.26. The molecule has 0 radical (unpaired) electrons. The number of hydrogen-bond acceptors (Lipinski definition) is 1. The van der Waals surface area contributed by atoms with Crippen LogP contribution in [0.5, 0.6) is 0 Å². The van der Waals surface area contributed by atoms with Crippen LogP contribution in [0.25, 0.3) is 0 Å². The third-order valence-electron chi connectivity index (χ3n) is 4.59. The molecule has 2 fully saturated rings. The first-order valence-electron chi connectivity index (χ1n) is 9.61. The van der Waals surface area contributed by atoms with Gasteiger partial charge in [0.1, 0.15) is 0 Å². The van der Waals surface area contributed by atoms with Gasteiger partial charge in [-0.25, -0.2) is 0 Å². The van der Waals surface area contributed by atoms with Crippen LogP contribution in [-0.2, 0) is 20.9 Å². The van der Waals surface area contributed by atoms with Crippen LogP contribution in [0, 0.1) is 31.6 Å². The molecule has 2 saturated carbocycles. The smallest absolute Gasteiger partial charge is 0.194 e. The largest absolute Gasteiger partial charge is 0.346 e. The molecule has 0 saturated heterocycles. The zero-order valence-corrected chi connectivity index (χ0v) is 19.0. The Morgan fingerprint density at radius 1 is 0.913 bits per heavy atom. The molecule has 23 heavy (non-hydrogen) atoms. The molecule has 2 aliphatic carbocycles. The second-order valence-corrected chi connectivity index (χ2v) is 7.85. The van der Waals surface area contributed by atoms with Gasteiger partial charge in [-0.05, 0) is 11.8 Å². The van der Waals surface area contributed by atoms with E-state index < -0.39 is 0 Å². The predicted octanol–water partition coefficient (Wildman–Crippen LogP) is 7.55. The third-order valence-corrected chi connectivity index (χ3v) is 5.92. The molecule has 0 aromatic rings. The first kappa shape index (κ1) is 25.8. The molecule has 0 spiro atoms. The third kappa shape index (κ3) is 18.7. The fraction of sp³-hybridized carbons (Fsp3) is 0.857. The Balaban J connectivity index is 0. The van der Waals surface area contributed by atoms with E-state index in [4.69, 9.17) is 0 Å². The standard InChI is InChI=1S/2C7H13.C5H11N.C2H5.Nb/c2*1-7-5-3-2-4-6-7;1-4-5(2,3)6;1-2;/h2*2,7H,3-6H2,1H3;4H2,1-3H3;1H2,2H3;/q2*-1;;-1;. The second-order valence-electron chi connectivity index (χ2n) is 7.36. The average molecular weight is 401 g/mol.